The lowest BCUT2D eigenvalue weighted by Gasteiger charge is -2.38. The van der Waals surface area contributed by atoms with Crippen LogP contribution in [0.2, 0.25) is 0 Å². The molecule has 1 fully saturated rings. The molecule has 1 heterocycles. The molecule has 9 heteroatoms. The van der Waals surface area contributed by atoms with Crippen molar-refractivity contribution >= 4 is 17.7 Å². The fraction of sp³-hybridized carbons (Fsp3) is 0.519. The number of hydrogen-bond donors (Lipinski definition) is 2. The van der Waals surface area contributed by atoms with E-state index >= 15 is 0 Å². The number of esters is 2. The number of dihydropyridines is 1. The molecule has 36 heavy (non-hydrogen) atoms. The molecule has 0 bridgehead atoms. The van der Waals surface area contributed by atoms with E-state index in [9.17, 15) is 19.5 Å². The molecule has 0 spiro atoms. The Morgan fingerprint density at radius 3 is 2.22 bits per heavy atom. The smallest absolute Gasteiger partial charge is 0.337 e. The van der Waals surface area contributed by atoms with Gasteiger partial charge in [0.05, 0.1) is 26.9 Å². The summed E-state index contributed by atoms with van der Waals surface area (Å²) in [5, 5.41) is 13.7. The fourth-order valence-electron chi connectivity index (χ4n) is 5.59. The van der Waals surface area contributed by atoms with Gasteiger partial charge in [-0.1, -0.05) is 6.92 Å². The first-order valence-corrected chi connectivity index (χ1v) is 12.2. The highest BCUT2D eigenvalue weighted by Gasteiger charge is 2.47. The molecule has 0 radical (unpaired) electrons. The van der Waals surface area contributed by atoms with Crippen molar-refractivity contribution in [3.63, 3.8) is 0 Å². The predicted molar refractivity (Wildman–Crippen MR) is 129 cm³/mol. The Balaban J connectivity index is 1.89. The van der Waals surface area contributed by atoms with Crippen LogP contribution in [-0.4, -0.2) is 50.3 Å². The second-order valence-electron chi connectivity index (χ2n) is 9.62. The van der Waals surface area contributed by atoms with Gasteiger partial charge in [-0.3, -0.25) is 9.59 Å². The minimum Gasteiger partial charge on any atom is -0.502 e. The first kappa shape index (κ1) is 25.6. The van der Waals surface area contributed by atoms with Crippen molar-refractivity contribution in [2.45, 2.75) is 58.0 Å². The van der Waals surface area contributed by atoms with E-state index in [2.05, 4.69) is 5.32 Å². The maximum Gasteiger partial charge on any atom is 0.337 e. The molecule has 1 aliphatic heterocycles. The molecule has 1 aromatic carbocycles. The largest absolute Gasteiger partial charge is 0.502 e. The topological polar surface area (TPSA) is 120 Å². The maximum absolute atomic E-state index is 13.9. The third-order valence-corrected chi connectivity index (χ3v) is 7.37. The quantitative estimate of drug-likeness (QED) is 0.447. The highest BCUT2D eigenvalue weighted by atomic mass is 16.5. The molecule has 3 atom stereocenters. The monoisotopic (exact) mass is 499 g/mol. The van der Waals surface area contributed by atoms with Gasteiger partial charge in [0, 0.05) is 22.9 Å². The second-order valence-corrected chi connectivity index (χ2v) is 9.62. The predicted octanol–water partition coefficient (Wildman–Crippen LogP) is 3.51. The Bertz CT molecular complexity index is 1120. The minimum absolute atomic E-state index is 0.132. The third-order valence-electron chi connectivity index (χ3n) is 7.37. The standard InChI is InChI=1S/C27H33NO8/c1-13-10-17-23(25(30)20(13)26(31)35-5)22(15-11-18(33-3)24(29)19(12-15)34-4)21(14(2)28-17)27(32)36-16-8-6-7-9-16/h11-13,16,20,22,28-29H,6-10H2,1-5H3/t13-,20+,22-/m1/s1. The molecule has 9 nitrogen and oxygen atoms in total. The van der Waals surface area contributed by atoms with Gasteiger partial charge in [-0.25, -0.2) is 4.79 Å². The van der Waals surface area contributed by atoms with Gasteiger partial charge in [-0.05, 0) is 62.6 Å². The summed E-state index contributed by atoms with van der Waals surface area (Å²) in [5.74, 6) is -3.61. The summed E-state index contributed by atoms with van der Waals surface area (Å²) >= 11 is 0. The minimum atomic E-state index is -0.996. The van der Waals surface area contributed by atoms with Gasteiger partial charge in [0.25, 0.3) is 0 Å². The Morgan fingerprint density at radius 1 is 1.06 bits per heavy atom. The van der Waals surface area contributed by atoms with Crippen LogP contribution in [0.25, 0.3) is 0 Å². The molecule has 0 unspecified atom stereocenters. The van der Waals surface area contributed by atoms with E-state index in [1.165, 1.54) is 21.3 Å². The molecule has 4 rings (SSSR count). The molecular weight excluding hydrogens is 466 g/mol. The first-order valence-electron chi connectivity index (χ1n) is 12.2. The van der Waals surface area contributed by atoms with Gasteiger partial charge < -0.3 is 29.4 Å². The summed E-state index contributed by atoms with van der Waals surface area (Å²) in [4.78, 5) is 40.0. The lowest BCUT2D eigenvalue weighted by atomic mass is 9.69. The van der Waals surface area contributed by atoms with Crippen LogP contribution in [0, 0.1) is 11.8 Å². The van der Waals surface area contributed by atoms with E-state index in [1.807, 2.05) is 6.92 Å². The average Bonchev–Trinajstić information content (AvgIpc) is 3.36. The average molecular weight is 500 g/mol. The Kier molecular flexibility index (Phi) is 7.28. The van der Waals surface area contributed by atoms with Gasteiger partial charge in [0.15, 0.2) is 17.3 Å². The van der Waals surface area contributed by atoms with Crippen LogP contribution in [0.5, 0.6) is 17.2 Å². The lowest BCUT2D eigenvalue weighted by molar-refractivity contribution is -0.151. The molecule has 2 aliphatic carbocycles. The Labute approximate surface area is 210 Å². The number of ether oxygens (including phenoxy) is 4. The van der Waals surface area contributed by atoms with E-state index in [-0.39, 0.29) is 34.8 Å². The molecule has 1 aromatic rings. The van der Waals surface area contributed by atoms with Crippen molar-refractivity contribution in [2.24, 2.45) is 11.8 Å². The molecule has 0 saturated heterocycles. The van der Waals surface area contributed by atoms with Crippen molar-refractivity contribution < 1.29 is 38.4 Å². The number of phenols is 1. The number of aromatic hydroxyl groups is 1. The zero-order valence-corrected chi connectivity index (χ0v) is 21.3. The highest BCUT2D eigenvalue weighted by Crippen LogP contribution is 2.49. The lowest BCUT2D eigenvalue weighted by Crippen LogP contribution is -2.43. The molecular formula is C27H33NO8. The number of allylic oxidation sites excluding steroid dienone is 3. The number of nitrogens with one attached hydrogen (secondary N) is 1. The van der Waals surface area contributed by atoms with E-state index in [0.29, 0.717) is 29.0 Å². The number of ketones is 1. The van der Waals surface area contributed by atoms with Crippen molar-refractivity contribution in [3.05, 3.63) is 40.2 Å². The molecule has 194 valence electrons. The third kappa shape index (κ3) is 4.42. The van der Waals surface area contributed by atoms with Crippen molar-refractivity contribution in [3.8, 4) is 17.2 Å². The number of carbonyl (C=O) groups excluding carboxylic acids is 3. The first-order chi connectivity index (χ1) is 17.2. The molecule has 0 aromatic heterocycles. The van der Waals surface area contributed by atoms with Crippen LogP contribution in [0.15, 0.2) is 34.7 Å². The van der Waals surface area contributed by atoms with Crippen LogP contribution in [-0.2, 0) is 23.9 Å². The van der Waals surface area contributed by atoms with Gasteiger partial charge in [0.2, 0.25) is 5.75 Å². The number of methoxy groups -OCH3 is 3. The van der Waals surface area contributed by atoms with Crippen LogP contribution in [0.3, 0.4) is 0 Å². The van der Waals surface area contributed by atoms with E-state index in [1.54, 1.807) is 19.1 Å². The summed E-state index contributed by atoms with van der Waals surface area (Å²) in [6, 6.07) is 3.15. The zero-order chi connectivity index (χ0) is 26.1. The Hall–Kier alpha value is -3.49. The SMILES string of the molecule is COC(=O)[C@@H]1C(=O)C2=C(C[C@H]1C)NC(C)=C(C(=O)OC1CCCC1)[C@H]2c1cc(OC)c(O)c(OC)c1. The summed E-state index contributed by atoms with van der Waals surface area (Å²) in [7, 11) is 4.07. The van der Waals surface area contributed by atoms with Gasteiger partial charge in [-0.15, -0.1) is 0 Å². The number of Topliss-reactive ketones (excluding diaryl/α,β-unsaturated/α-hetero) is 1. The summed E-state index contributed by atoms with van der Waals surface area (Å²) in [6.45, 7) is 3.61. The highest BCUT2D eigenvalue weighted by molar-refractivity contribution is 6.12. The number of benzene rings is 1. The number of carbonyl (C=O) groups is 3. The van der Waals surface area contributed by atoms with Gasteiger partial charge >= 0.3 is 11.9 Å². The van der Waals surface area contributed by atoms with Crippen LogP contribution >= 0.6 is 0 Å². The Morgan fingerprint density at radius 2 is 1.67 bits per heavy atom. The van der Waals surface area contributed by atoms with E-state index < -0.39 is 29.6 Å². The van der Waals surface area contributed by atoms with Crippen LogP contribution in [0.1, 0.15) is 57.4 Å². The molecule has 3 aliphatic rings. The van der Waals surface area contributed by atoms with Gasteiger partial charge in [0.1, 0.15) is 12.0 Å². The number of rotatable bonds is 6. The number of phenolic OH excluding ortho intramolecular Hbond substituents is 1. The van der Waals surface area contributed by atoms with E-state index in [0.717, 1.165) is 25.7 Å². The summed E-state index contributed by atoms with van der Waals surface area (Å²) in [5.41, 5.74) is 2.31. The molecule has 2 N–H and O–H groups in total. The molecule has 1 saturated carbocycles. The second kappa shape index (κ2) is 10.2. The summed E-state index contributed by atoms with van der Waals surface area (Å²) in [6.07, 6.45) is 3.83. The maximum atomic E-state index is 13.9. The number of hydrogen-bond acceptors (Lipinski definition) is 9. The van der Waals surface area contributed by atoms with Crippen molar-refractivity contribution in [1.82, 2.24) is 5.32 Å². The summed E-state index contributed by atoms with van der Waals surface area (Å²) < 4.78 is 21.5. The van der Waals surface area contributed by atoms with Crippen LogP contribution < -0.4 is 14.8 Å². The van der Waals surface area contributed by atoms with Crippen molar-refractivity contribution in [2.75, 3.05) is 21.3 Å². The molecule has 0 amide bonds. The van der Waals surface area contributed by atoms with E-state index in [4.69, 9.17) is 18.9 Å². The fourth-order valence-corrected chi connectivity index (χ4v) is 5.59. The normalized spacial score (nSPS) is 24.2. The van der Waals surface area contributed by atoms with Crippen molar-refractivity contribution in [1.29, 1.82) is 0 Å². The zero-order valence-electron chi connectivity index (χ0n) is 21.3. The van der Waals surface area contributed by atoms with Crippen LogP contribution in [0.4, 0.5) is 0 Å². The van der Waals surface area contributed by atoms with Gasteiger partial charge in [-0.2, -0.15) is 0 Å².